The van der Waals surface area contributed by atoms with Crippen molar-refractivity contribution >= 4 is 0 Å². The van der Waals surface area contributed by atoms with E-state index in [1.165, 1.54) is 24.5 Å². The van der Waals surface area contributed by atoms with Crippen LogP contribution in [0.5, 0.6) is 11.5 Å². The number of hydrogen-bond acceptors (Lipinski definition) is 4. The Morgan fingerprint density at radius 2 is 1.76 bits per heavy atom. The van der Waals surface area contributed by atoms with Gasteiger partial charge < -0.3 is 9.47 Å². The zero-order valence-corrected chi connectivity index (χ0v) is 8.43. The zero-order valence-electron chi connectivity index (χ0n) is 8.43. The number of benzene rings is 1. The molecule has 0 amide bonds. The van der Waals surface area contributed by atoms with Crippen LogP contribution >= 0.6 is 0 Å². The Morgan fingerprint density at radius 3 is 2.53 bits per heavy atom. The lowest BCUT2D eigenvalue weighted by Crippen LogP contribution is -2.25. The lowest BCUT2D eigenvalue weighted by atomic mass is 10.1. The quantitative estimate of drug-likeness (QED) is 0.762. The van der Waals surface area contributed by atoms with Gasteiger partial charge in [0.05, 0.1) is 12.4 Å². The lowest BCUT2D eigenvalue weighted by Gasteiger charge is -2.04. The molecule has 0 saturated heterocycles. The molecular formula is C11H6F2N2O2. The standard InChI is InChI=1S/C11H6F2N2O2/c12-11(13)16-9-2-1-7(5-10(9)17-11)8-3-4-14-15-6-8/h1-6H. The average Bonchev–Trinajstić information content (AvgIpc) is 2.63. The van der Waals surface area contributed by atoms with Crippen molar-refractivity contribution in [1.29, 1.82) is 0 Å². The van der Waals surface area contributed by atoms with Gasteiger partial charge in [-0.05, 0) is 23.8 Å². The topological polar surface area (TPSA) is 44.2 Å². The molecule has 86 valence electrons. The molecule has 1 aliphatic heterocycles. The normalized spacial score (nSPS) is 15.9. The van der Waals surface area contributed by atoms with Crippen molar-refractivity contribution in [1.82, 2.24) is 10.2 Å². The van der Waals surface area contributed by atoms with Crippen LogP contribution in [0, 0.1) is 0 Å². The first-order valence-corrected chi connectivity index (χ1v) is 4.81. The van der Waals surface area contributed by atoms with Crippen LogP contribution in [-0.4, -0.2) is 16.5 Å². The molecule has 0 fully saturated rings. The fourth-order valence-corrected chi connectivity index (χ4v) is 1.59. The number of aromatic nitrogens is 2. The third-order valence-corrected chi connectivity index (χ3v) is 2.32. The molecule has 0 atom stereocenters. The van der Waals surface area contributed by atoms with E-state index in [0.717, 1.165) is 5.56 Å². The molecule has 17 heavy (non-hydrogen) atoms. The molecule has 0 spiro atoms. The average molecular weight is 236 g/mol. The van der Waals surface area contributed by atoms with Crippen molar-refractivity contribution in [3.8, 4) is 22.6 Å². The van der Waals surface area contributed by atoms with Crippen LogP contribution in [0.1, 0.15) is 0 Å². The fourth-order valence-electron chi connectivity index (χ4n) is 1.59. The summed E-state index contributed by atoms with van der Waals surface area (Å²) in [6.07, 6.45) is -0.526. The number of hydrogen-bond donors (Lipinski definition) is 0. The summed E-state index contributed by atoms with van der Waals surface area (Å²) in [7, 11) is 0. The smallest absolute Gasteiger partial charge is 0.395 e. The highest BCUT2D eigenvalue weighted by Gasteiger charge is 2.43. The van der Waals surface area contributed by atoms with Gasteiger partial charge >= 0.3 is 6.29 Å². The number of halogens is 2. The first-order chi connectivity index (χ1) is 8.14. The minimum atomic E-state index is -3.59. The maximum absolute atomic E-state index is 12.8. The van der Waals surface area contributed by atoms with E-state index in [4.69, 9.17) is 0 Å². The monoisotopic (exact) mass is 236 g/mol. The van der Waals surface area contributed by atoms with Crippen molar-refractivity contribution in [3.63, 3.8) is 0 Å². The predicted molar refractivity (Wildman–Crippen MR) is 53.7 cm³/mol. The Labute approximate surface area is 94.8 Å². The van der Waals surface area contributed by atoms with Crippen LogP contribution in [0.25, 0.3) is 11.1 Å². The SMILES string of the molecule is FC1(F)Oc2ccc(-c3ccnnc3)cc2O1. The summed E-state index contributed by atoms with van der Waals surface area (Å²) in [6.45, 7) is 0. The molecule has 0 radical (unpaired) electrons. The van der Waals surface area contributed by atoms with E-state index in [9.17, 15) is 8.78 Å². The van der Waals surface area contributed by atoms with Gasteiger partial charge in [0.25, 0.3) is 0 Å². The van der Waals surface area contributed by atoms with E-state index in [1.807, 2.05) is 0 Å². The first-order valence-electron chi connectivity index (χ1n) is 4.81. The van der Waals surface area contributed by atoms with Crippen molar-refractivity contribution in [2.24, 2.45) is 0 Å². The maximum Gasteiger partial charge on any atom is 0.586 e. The van der Waals surface area contributed by atoms with Crippen LogP contribution in [0.15, 0.2) is 36.7 Å². The third-order valence-electron chi connectivity index (χ3n) is 2.32. The largest absolute Gasteiger partial charge is 0.586 e. The summed E-state index contributed by atoms with van der Waals surface area (Å²) in [5.74, 6) is 0.0464. The van der Waals surface area contributed by atoms with E-state index < -0.39 is 6.29 Å². The van der Waals surface area contributed by atoms with E-state index in [0.29, 0.717) is 5.56 Å². The van der Waals surface area contributed by atoms with E-state index in [1.54, 1.807) is 12.1 Å². The molecule has 0 bridgehead atoms. The predicted octanol–water partition coefficient (Wildman–Crippen LogP) is 2.47. The van der Waals surface area contributed by atoms with Gasteiger partial charge in [0, 0.05) is 5.56 Å². The van der Waals surface area contributed by atoms with Gasteiger partial charge in [0.1, 0.15) is 0 Å². The molecule has 3 rings (SSSR count). The highest BCUT2D eigenvalue weighted by molar-refractivity contribution is 5.66. The Morgan fingerprint density at radius 1 is 0.941 bits per heavy atom. The van der Waals surface area contributed by atoms with Gasteiger partial charge in [-0.2, -0.15) is 10.2 Å². The van der Waals surface area contributed by atoms with Gasteiger partial charge in [-0.1, -0.05) is 6.07 Å². The van der Waals surface area contributed by atoms with Crippen LogP contribution in [0.4, 0.5) is 8.78 Å². The highest BCUT2D eigenvalue weighted by Crippen LogP contribution is 2.42. The third kappa shape index (κ3) is 1.77. The van der Waals surface area contributed by atoms with Crippen LogP contribution in [-0.2, 0) is 0 Å². The van der Waals surface area contributed by atoms with Gasteiger partial charge in [-0.3, -0.25) is 0 Å². The minimum Gasteiger partial charge on any atom is -0.395 e. The number of alkyl halides is 2. The Hall–Kier alpha value is -2.24. The maximum atomic E-state index is 12.8. The molecule has 4 nitrogen and oxygen atoms in total. The Kier molecular flexibility index (Phi) is 1.98. The molecule has 0 N–H and O–H groups in total. The van der Waals surface area contributed by atoms with Gasteiger partial charge in [0.2, 0.25) is 0 Å². The number of nitrogens with zero attached hydrogens (tertiary/aromatic N) is 2. The molecule has 1 aromatic carbocycles. The van der Waals surface area contributed by atoms with Crippen LogP contribution < -0.4 is 9.47 Å². The number of ether oxygens (including phenoxy) is 2. The highest BCUT2D eigenvalue weighted by atomic mass is 19.3. The molecule has 0 aliphatic carbocycles. The molecule has 1 aliphatic rings. The first kappa shape index (κ1) is 9.95. The second-order valence-electron chi connectivity index (χ2n) is 3.46. The summed E-state index contributed by atoms with van der Waals surface area (Å²) in [5.41, 5.74) is 1.47. The zero-order chi connectivity index (χ0) is 11.9. The van der Waals surface area contributed by atoms with Gasteiger partial charge in [-0.15, -0.1) is 8.78 Å². The number of rotatable bonds is 1. The Balaban J connectivity index is 2.02. The molecule has 0 saturated carbocycles. The van der Waals surface area contributed by atoms with E-state index >= 15 is 0 Å². The molecule has 2 aromatic rings. The molecule has 0 unspecified atom stereocenters. The second-order valence-corrected chi connectivity index (χ2v) is 3.46. The Bertz CT molecular complexity index is 561. The summed E-state index contributed by atoms with van der Waals surface area (Å²) >= 11 is 0. The van der Waals surface area contributed by atoms with Crippen molar-refractivity contribution in [3.05, 3.63) is 36.7 Å². The van der Waals surface area contributed by atoms with Gasteiger partial charge in [0.15, 0.2) is 11.5 Å². The molecule has 2 heterocycles. The van der Waals surface area contributed by atoms with Crippen molar-refractivity contribution in [2.45, 2.75) is 6.29 Å². The van der Waals surface area contributed by atoms with Crippen molar-refractivity contribution < 1.29 is 18.3 Å². The summed E-state index contributed by atoms with van der Waals surface area (Å²) in [4.78, 5) is 0. The van der Waals surface area contributed by atoms with E-state index in [-0.39, 0.29) is 11.5 Å². The summed E-state index contributed by atoms with van der Waals surface area (Å²) < 4.78 is 34.3. The molecular weight excluding hydrogens is 230 g/mol. The van der Waals surface area contributed by atoms with Crippen LogP contribution in [0.3, 0.4) is 0 Å². The van der Waals surface area contributed by atoms with Crippen LogP contribution in [0.2, 0.25) is 0 Å². The van der Waals surface area contributed by atoms with Gasteiger partial charge in [-0.25, -0.2) is 0 Å². The summed E-state index contributed by atoms with van der Waals surface area (Å²) in [6, 6.07) is 6.29. The molecule has 6 heteroatoms. The summed E-state index contributed by atoms with van der Waals surface area (Å²) in [5, 5.41) is 7.35. The minimum absolute atomic E-state index is 0.0179. The molecule has 1 aromatic heterocycles. The lowest BCUT2D eigenvalue weighted by molar-refractivity contribution is -0.286. The van der Waals surface area contributed by atoms with Crippen molar-refractivity contribution in [2.75, 3.05) is 0 Å². The fraction of sp³-hybridized carbons (Fsp3) is 0.0909. The second kappa shape index (κ2) is 3.38. The van der Waals surface area contributed by atoms with E-state index in [2.05, 4.69) is 19.7 Å². The number of fused-ring (bicyclic) bond motifs is 1.